The molecular formula is C12H20N2O2. The minimum Gasteiger partial charge on any atom is -0.341 e. The summed E-state index contributed by atoms with van der Waals surface area (Å²) in [5.74, 6) is 0.293. The highest BCUT2D eigenvalue weighted by molar-refractivity contribution is 5.75. The Hall–Kier alpha value is -1.06. The van der Waals surface area contributed by atoms with Crippen molar-refractivity contribution in [2.45, 2.75) is 51.6 Å². The van der Waals surface area contributed by atoms with Crippen LogP contribution in [0.4, 0.5) is 0 Å². The zero-order valence-electron chi connectivity index (χ0n) is 10.1. The number of hydrogen-bond donors (Lipinski definition) is 0. The molecule has 1 saturated heterocycles. The monoisotopic (exact) mass is 224 g/mol. The molecule has 0 unspecified atom stereocenters. The van der Waals surface area contributed by atoms with E-state index in [4.69, 9.17) is 0 Å². The van der Waals surface area contributed by atoms with Crippen molar-refractivity contribution in [2.24, 2.45) is 0 Å². The van der Waals surface area contributed by atoms with Crippen molar-refractivity contribution in [3.63, 3.8) is 0 Å². The minimum atomic E-state index is 0.129. The van der Waals surface area contributed by atoms with Crippen LogP contribution >= 0.6 is 0 Å². The maximum absolute atomic E-state index is 11.6. The minimum absolute atomic E-state index is 0.129. The topological polar surface area (TPSA) is 40.6 Å². The fourth-order valence-corrected chi connectivity index (χ4v) is 2.63. The molecule has 16 heavy (non-hydrogen) atoms. The highest BCUT2D eigenvalue weighted by Gasteiger charge is 2.37. The standard InChI is InChI=1S/C12H20N2O2/c1-9(15)13-7-3-4-12(8-13)14(10(2)16)11-5-6-11/h11-12H,3-8H2,1-2H3/t12-/m1/s1. The lowest BCUT2D eigenvalue weighted by atomic mass is 10.0. The third-order valence-electron chi connectivity index (χ3n) is 3.54. The molecule has 0 spiro atoms. The first-order valence-electron chi connectivity index (χ1n) is 6.14. The van der Waals surface area contributed by atoms with Gasteiger partial charge in [0.25, 0.3) is 0 Å². The van der Waals surface area contributed by atoms with Gasteiger partial charge in [-0.05, 0) is 25.7 Å². The van der Waals surface area contributed by atoms with Crippen LogP contribution < -0.4 is 0 Å². The number of rotatable bonds is 2. The van der Waals surface area contributed by atoms with Gasteiger partial charge < -0.3 is 9.80 Å². The number of hydrogen-bond acceptors (Lipinski definition) is 2. The van der Waals surface area contributed by atoms with Crippen molar-refractivity contribution < 1.29 is 9.59 Å². The second kappa shape index (κ2) is 4.44. The summed E-state index contributed by atoms with van der Waals surface area (Å²) in [6, 6.07) is 0.706. The predicted molar refractivity (Wildman–Crippen MR) is 60.8 cm³/mol. The lowest BCUT2D eigenvalue weighted by Gasteiger charge is -2.39. The molecule has 0 radical (unpaired) electrons. The predicted octanol–water partition coefficient (Wildman–Crippen LogP) is 1.01. The second-order valence-corrected chi connectivity index (χ2v) is 4.92. The smallest absolute Gasteiger partial charge is 0.220 e. The Morgan fingerprint density at radius 3 is 2.31 bits per heavy atom. The van der Waals surface area contributed by atoms with Gasteiger partial charge in [-0.3, -0.25) is 9.59 Å². The van der Waals surface area contributed by atoms with E-state index in [1.54, 1.807) is 13.8 Å². The summed E-state index contributed by atoms with van der Waals surface area (Å²) in [5.41, 5.74) is 0. The van der Waals surface area contributed by atoms with E-state index in [1.807, 2.05) is 9.80 Å². The fraction of sp³-hybridized carbons (Fsp3) is 0.833. The number of carbonyl (C=O) groups excluding carboxylic acids is 2. The number of piperidine rings is 1. The van der Waals surface area contributed by atoms with Gasteiger partial charge in [-0.2, -0.15) is 0 Å². The Morgan fingerprint density at radius 1 is 1.12 bits per heavy atom. The van der Waals surface area contributed by atoms with E-state index in [9.17, 15) is 9.59 Å². The van der Waals surface area contributed by atoms with E-state index < -0.39 is 0 Å². The molecule has 1 heterocycles. The number of carbonyl (C=O) groups is 2. The van der Waals surface area contributed by atoms with Gasteiger partial charge in [0.2, 0.25) is 11.8 Å². The first kappa shape index (κ1) is 11.4. The highest BCUT2D eigenvalue weighted by atomic mass is 16.2. The molecule has 0 N–H and O–H groups in total. The summed E-state index contributed by atoms with van der Waals surface area (Å²) < 4.78 is 0. The lowest BCUT2D eigenvalue weighted by Crippen LogP contribution is -2.51. The van der Waals surface area contributed by atoms with Crippen molar-refractivity contribution >= 4 is 11.8 Å². The van der Waals surface area contributed by atoms with Crippen LogP contribution in [0.1, 0.15) is 39.5 Å². The molecule has 0 aromatic heterocycles. The van der Waals surface area contributed by atoms with E-state index in [0.717, 1.165) is 38.8 Å². The average molecular weight is 224 g/mol. The molecule has 2 aliphatic rings. The third kappa shape index (κ3) is 2.36. The number of likely N-dealkylation sites (tertiary alicyclic amines) is 1. The maximum atomic E-state index is 11.6. The number of nitrogens with zero attached hydrogens (tertiary/aromatic N) is 2. The van der Waals surface area contributed by atoms with Gasteiger partial charge >= 0.3 is 0 Å². The summed E-state index contributed by atoms with van der Waals surface area (Å²) in [6.45, 7) is 4.83. The Labute approximate surface area is 96.6 Å². The zero-order chi connectivity index (χ0) is 11.7. The van der Waals surface area contributed by atoms with Gasteiger partial charge in [0.15, 0.2) is 0 Å². The first-order valence-corrected chi connectivity index (χ1v) is 6.14. The normalized spacial score (nSPS) is 25.4. The Morgan fingerprint density at radius 2 is 1.81 bits per heavy atom. The molecule has 0 aromatic rings. The van der Waals surface area contributed by atoms with Crippen LogP contribution in [0.15, 0.2) is 0 Å². The summed E-state index contributed by atoms with van der Waals surface area (Å²) >= 11 is 0. The van der Waals surface area contributed by atoms with E-state index in [0.29, 0.717) is 6.04 Å². The van der Waals surface area contributed by atoms with Crippen LogP contribution in [0.2, 0.25) is 0 Å². The zero-order valence-corrected chi connectivity index (χ0v) is 10.1. The summed E-state index contributed by atoms with van der Waals surface area (Å²) in [5, 5.41) is 0. The van der Waals surface area contributed by atoms with Gasteiger partial charge in [-0.15, -0.1) is 0 Å². The largest absolute Gasteiger partial charge is 0.341 e. The summed E-state index contributed by atoms with van der Waals surface area (Å²) in [6.07, 6.45) is 4.33. The Bertz CT molecular complexity index is 299. The fourth-order valence-electron chi connectivity index (χ4n) is 2.63. The van der Waals surface area contributed by atoms with E-state index in [1.165, 1.54) is 0 Å². The van der Waals surface area contributed by atoms with Crippen LogP contribution in [-0.4, -0.2) is 46.8 Å². The van der Waals surface area contributed by atoms with Crippen molar-refractivity contribution in [1.29, 1.82) is 0 Å². The first-order chi connectivity index (χ1) is 7.59. The molecule has 90 valence electrons. The van der Waals surface area contributed by atoms with Gasteiger partial charge in [-0.1, -0.05) is 0 Å². The molecular weight excluding hydrogens is 204 g/mol. The molecule has 1 saturated carbocycles. The summed E-state index contributed by atoms with van der Waals surface area (Å²) in [4.78, 5) is 26.8. The van der Waals surface area contributed by atoms with E-state index in [2.05, 4.69) is 0 Å². The average Bonchev–Trinajstić information content (AvgIpc) is 3.02. The van der Waals surface area contributed by atoms with Gasteiger partial charge in [0.05, 0.1) is 0 Å². The molecule has 0 aromatic carbocycles. The third-order valence-corrected chi connectivity index (χ3v) is 3.54. The second-order valence-electron chi connectivity index (χ2n) is 4.92. The molecule has 4 heteroatoms. The van der Waals surface area contributed by atoms with Gasteiger partial charge in [-0.25, -0.2) is 0 Å². The van der Waals surface area contributed by atoms with E-state index >= 15 is 0 Å². The van der Waals surface area contributed by atoms with Crippen molar-refractivity contribution in [1.82, 2.24) is 9.80 Å². The SMILES string of the molecule is CC(=O)N1CCC[C@@H](N(C(C)=O)C2CC2)C1. The molecule has 4 nitrogen and oxygen atoms in total. The van der Waals surface area contributed by atoms with Crippen molar-refractivity contribution in [3.8, 4) is 0 Å². The number of amides is 2. The van der Waals surface area contributed by atoms with Gasteiger partial charge in [0, 0.05) is 39.0 Å². The molecule has 0 bridgehead atoms. The Balaban J connectivity index is 2.01. The molecule has 2 rings (SSSR count). The van der Waals surface area contributed by atoms with Crippen molar-refractivity contribution in [3.05, 3.63) is 0 Å². The molecule has 2 fully saturated rings. The van der Waals surface area contributed by atoms with Crippen LogP contribution in [0.3, 0.4) is 0 Å². The molecule has 1 atom stereocenters. The quantitative estimate of drug-likeness (QED) is 0.702. The lowest BCUT2D eigenvalue weighted by molar-refractivity contribution is -0.137. The highest BCUT2D eigenvalue weighted by Crippen LogP contribution is 2.31. The molecule has 1 aliphatic carbocycles. The van der Waals surface area contributed by atoms with Crippen LogP contribution in [0.5, 0.6) is 0 Å². The summed E-state index contributed by atoms with van der Waals surface area (Å²) in [7, 11) is 0. The van der Waals surface area contributed by atoms with Crippen LogP contribution in [-0.2, 0) is 9.59 Å². The molecule has 2 amide bonds. The molecule has 1 aliphatic heterocycles. The van der Waals surface area contributed by atoms with Crippen LogP contribution in [0.25, 0.3) is 0 Å². The Kier molecular flexibility index (Phi) is 3.17. The van der Waals surface area contributed by atoms with Crippen molar-refractivity contribution in [2.75, 3.05) is 13.1 Å². The van der Waals surface area contributed by atoms with E-state index in [-0.39, 0.29) is 17.9 Å². The van der Waals surface area contributed by atoms with Crippen LogP contribution in [0, 0.1) is 0 Å². The maximum Gasteiger partial charge on any atom is 0.220 e. The van der Waals surface area contributed by atoms with Gasteiger partial charge in [0.1, 0.15) is 0 Å².